The molecule has 28 heavy (non-hydrogen) atoms. The number of carbonyl (C=O) groups is 1. The number of halogens is 1. The number of aryl methyl sites for hydroxylation is 1. The first-order valence-corrected chi connectivity index (χ1v) is 8.98. The summed E-state index contributed by atoms with van der Waals surface area (Å²) in [4.78, 5) is 16.3. The molecule has 0 aliphatic rings. The van der Waals surface area contributed by atoms with Gasteiger partial charge in [-0.3, -0.25) is 4.79 Å². The monoisotopic (exact) mass is 397 g/mol. The van der Waals surface area contributed by atoms with Gasteiger partial charge in [0.2, 0.25) is 0 Å². The highest BCUT2D eigenvalue weighted by Crippen LogP contribution is 2.26. The Bertz CT molecular complexity index is 961. The van der Waals surface area contributed by atoms with Gasteiger partial charge in [-0.25, -0.2) is 4.98 Å². The summed E-state index contributed by atoms with van der Waals surface area (Å²) < 4.78 is 10.7. The van der Waals surface area contributed by atoms with Crippen molar-refractivity contribution >= 4 is 34.7 Å². The van der Waals surface area contributed by atoms with E-state index in [4.69, 9.17) is 21.1 Å². The summed E-state index contributed by atoms with van der Waals surface area (Å²) >= 11 is 6.04. The SMILES string of the molecule is COc1ccccc1OCC(=O)Nc1ccc(Nc2cc(Cl)ccc2C)cn1. The fourth-order valence-electron chi connectivity index (χ4n) is 2.49. The van der Waals surface area contributed by atoms with Gasteiger partial charge in [0.05, 0.1) is 19.0 Å². The van der Waals surface area contributed by atoms with E-state index in [9.17, 15) is 4.79 Å². The summed E-state index contributed by atoms with van der Waals surface area (Å²) in [6.07, 6.45) is 1.64. The summed E-state index contributed by atoms with van der Waals surface area (Å²) in [5.74, 6) is 1.19. The Morgan fingerprint density at radius 3 is 2.61 bits per heavy atom. The fraction of sp³-hybridized carbons (Fsp3) is 0.143. The van der Waals surface area contributed by atoms with Crippen LogP contribution in [0, 0.1) is 6.92 Å². The summed E-state index contributed by atoms with van der Waals surface area (Å²) in [5, 5.41) is 6.60. The quantitative estimate of drug-likeness (QED) is 0.598. The molecule has 0 saturated heterocycles. The number of rotatable bonds is 7. The molecule has 0 radical (unpaired) electrons. The van der Waals surface area contributed by atoms with E-state index in [-0.39, 0.29) is 12.5 Å². The van der Waals surface area contributed by atoms with E-state index in [0.717, 1.165) is 16.9 Å². The van der Waals surface area contributed by atoms with Crippen molar-refractivity contribution in [1.29, 1.82) is 0 Å². The van der Waals surface area contributed by atoms with E-state index >= 15 is 0 Å². The number of carbonyl (C=O) groups excluding carboxylic acids is 1. The molecule has 1 amide bonds. The van der Waals surface area contributed by atoms with Gasteiger partial charge < -0.3 is 20.1 Å². The zero-order valence-corrected chi connectivity index (χ0v) is 16.3. The topological polar surface area (TPSA) is 72.5 Å². The van der Waals surface area contributed by atoms with Crippen LogP contribution < -0.4 is 20.1 Å². The van der Waals surface area contributed by atoms with Crippen LogP contribution in [0.4, 0.5) is 17.2 Å². The van der Waals surface area contributed by atoms with Gasteiger partial charge in [-0.15, -0.1) is 0 Å². The molecule has 6 nitrogen and oxygen atoms in total. The molecule has 0 aliphatic carbocycles. The zero-order valence-electron chi connectivity index (χ0n) is 15.5. The van der Waals surface area contributed by atoms with Crippen LogP contribution in [0.5, 0.6) is 11.5 Å². The number of ether oxygens (including phenoxy) is 2. The van der Waals surface area contributed by atoms with Gasteiger partial charge in [-0.05, 0) is 48.9 Å². The maximum Gasteiger partial charge on any atom is 0.263 e. The van der Waals surface area contributed by atoms with E-state index in [1.54, 1.807) is 31.5 Å². The van der Waals surface area contributed by atoms with Gasteiger partial charge >= 0.3 is 0 Å². The van der Waals surface area contributed by atoms with Crippen molar-refractivity contribution in [2.75, 3.05) is 24.4 Å². The van der Waals surface area contributed by atoms with Gasteiger partial charge in [0.25, 0.3) is 5.91 Å². The molecular formula is C21H20ClN3O3. The number of pyridine rings is 1. The Hall–Kier alpha value is -3.25. The number of nitrogens with zero attached hydrogens (tertiary/aromatic N) is 1. The van der Waals surface area contributed by atoms with Crippen molar-refractivity contribution in [1.82, 2.24) is 4.98 Å². The van der Waals surface area contributed by atoms with E-state index in [2.05, 4.69) is 15.6 Å². The van der Waals surface area contributed by atoms with Crippen molar-refractivity contribution in [3.63, 3.8) is 0 Å². The molecular weight excluding hydrogens is 378 g/mol. The number of amides is 1. The van der Waals surface area contributed by atoms with E-state index in [1.807, 2.05) is 43.3 Å². The third kappa shape index (κ3) is 5.14. The summed E-state index contributed by atoms with van der Waals surface area (Å²) in [6, 6.07) is 16.3. The number of nitrogens with one attached hydrogen (secondary N) is 2. The van der Waals surface area contributed by atoms with Gasteiger partial charge in [-0.1, -0.05) is 29.8 Å². The number of anilines is 3. The van der Waals surface area contributed by atoms with Crippen molar-refractivity contribution in [2.45, 2.75) is 6.92 Å². The average molecular weight is 398 g/mol. The Balaban J connectivity index is 1.56. The second-order valence-electron chi connectivity index (χ2n) is 6.00. The second-order valence-corrected chi connectivity index (χ2v) is 6.44. The maximum atomic E-state index is 12.1. The first kappa shape index (κ1) is 19.5. The molecule has 2 aromatic carbocycles. The van der Waals surface area contributed by atoms with Gasteiger partial charge in [-0.2, -0.15) is 0 Å². The van der Waals surface area contributed by atoms with Crippen LogP contribution in [0.1, 0.15) is 5.56 Å². The van der Waals surface area contributed by atoms with E-state index < -0.39 is 0 Å². The Morgan fingerprint density at radius 2 is 1.89 bits per heavy atom. The lowest BCUT2D eigenvalue weighted by Gasteiger charge is -2.11. The van der Waals surface area contributed by atoms with Gasteiger partial charge in [0.15, 0.2) is 18.1 Å². The van der Waals surface area contributed by atoms with Crippen molar-refractivity contribution < 1.29 is 14.3 Å². The van der Waals surface area contributed by atoms with Crippen LogP contribution in [0.3, 0.4) is 0 Å². The molecule has 0 unspecified atom stereocenters. The second kappa shape index (κ2) is 9.10. The lowest BCUT2D eigenvalue weighted by Crippen LogP contribution is -2.20. The maximum absolute atomic E-state index is 12.1. The van der Waals surface area contributed by atoms with Crippen molar-refractivity contribution in [2.24, 2.45) is 0 Å². The highest BCUT2D eigenvalue weighted by atomic mass is 35.5. The lowest BCUT2D eigenvalue weighted by molar-refractivity contribution is -0.118. The standard InChI is InChI=1S/C21H20ClN3O3/c1-14-7-8-15(22)11-17(14)24-16-9-10-20(23-12-16)25-21(26)13-28-19-6-4-3-5-18(19)27-2/h3-12,24H,13H2,1-2H3,(H,23,25,26). The molecule has 2 N–H and O–H groups in total. The molecule has 0 aliphatic heterocycles. The Morgan fingerprint density at radius 1 is 1.11 bits per heavy atom. The largest absolute Gasteiger partial charge is 0.493 e. The van der Waals surface area contributed by atoms with Crippen LogP contribution in [0.25, 0.3) is 0 Å². The molecule has 0 bridgehead atoms. The summed E-state index contributed by atoms with van der Waals surface area (Å²) in [6.45, 7) is 1.84. The van der Waals surface area contributed by atoms with Crippen LogP contribution in [-0.4, -0.2) is 24.6 Å². The minimum atomic E-state index is -0.315. The van der Waals surface area contributed by atoms with Crippen LogP contribution in [0.15, 0.2) is 60.8 Å². The molecule has 1 heterocycles. The van der Waals surface area contributed by atoms with Crippen LogP contribution in [0.2, 0.25) is 5.02 Å². The Labute approximate surface area is 168 Å². The molecule has 0 saturated carbocycles. The molecule has 3 aromatic rings. The number of methoxy groups -OCH3 is 1. The highest BCUT2D eigenvalue weighted by Gasteiger charge is 2.08. The van der Waals surface area contributed by atoms with Crippen LogP contribution in [-0.2, 0) is 4.79 Å². The number of aromatic nitrogens is 1. The smallest absolute Gasteiger partial charge is 0.263 e. The first-order valence-electron chi connectivity index (χ1n) is 8.60. The molecule has 0 spiro atoms. The number of hydrogen-bond donors (Lipinski definition) is 2. The predicted molar refractivity (Wildman–Crippen MR) is 111 cm³/mol. The molecule has 0 atom stereocenters. The molecule has 7 heteroatoms. The summed E-state index contributed by atoms with van der Waals surface area (Å²) in [5.41, 5.74) is 2.75. The van der Waals surface area contributed by atoms with Gasteiger partial charge in [0, 0.05) is 10.7 Å². The molecule has 0 fully saturated rings. The lowest BCUT2D eigenvalue weighted by atomic mass is 10.2. The summed E-state index contributed by atoms with van der Waals surface area (Å²) in [7, 11) is 1.55. The molecule has 3 rings (SSSR count). The highest BCUT2D eigenvalue weighted by molar-refractivity contribution is 6.30. The minimum absolute atomic E-state index is 0.149. The van der Waals surface area contributed by atoms with Gasteiger partial charge in [0.1, 0.15) is 5.82 Å². The minimum Gasteiger partial charge on any atom is -0.493 e. The predicted octanol–water partition coefficient (Wildman–Crippen LogP) is 4.81. The van der Waals surface area contributed by atoms with Crippen LogP contribution >= 0.6 is 11.6 Å². The third-order valence-electron chi connectivity index (χ3n) is 3.94. The molecule has 1 aromatic heterocycles. The number of hydrogen-bond acceptors (Lipinski definition) is 5. The van der Waals surface area contributed by atoms with E-state index in [1.165, 1.54) is 0 Å². The number of benzene rings is 2. The average Bonchev–Trinajstić information content (AvgIpc) is 2.71. The number of para-hydroxylation sites is 2. The third-order valence-corrected chi connectivity index (χ3v) is 4.17. The Kier molecular flexibility index (Phi) is 6.34. The van der Waals surface area contributed by atoms with Crippen molar-refractivity contribution in [3.05, 3.63) is 71.4 Å². The van der Waals surface area contributed by atoms with Crippen molar-refractivity contribution in [3.8, 4) is 11.5 Å². The van der Waals surface area contributed by atoms with E-state index in [0.29, 0.717) is 22.3 Å². The first-order chi connectivity index (χ1) is 13.5. The zero-order chi connectivity index (χ0) is 19.9. The molecule has 144 valence electrons. The normalized spacial score (nSPS) is 10.2. The fourth-order valence-corrected chi connectivity index (χ4v) is 2.66.